The Morgan fingerprint density at radius 2 is 2.29 bits per heavy atom. The highest BCUT2D eigenvalue weighted by atomic mass is 35.5. The Hall–Kier alpha value is -1.40. The van der Waals surface area contributed by atoms with Crippen LogP contribution in [0.4, 0.5) is 10.9 Å². The van der Waals surface area contributed by atoms with Gasteiger partial charge in [0, 0.05) is 5.38 Å². The van der Waals surface area contributed by atoms with E-state index in [1.807, 2.05) is 5.38 Å². The maximum Gasteiger partial charge on any atom is 0.271 e. The van der Waals surface area contributed by atoms with Gasteiger partial charge in [0.1, 0.15) is 5.02 Å². The third kappa shape index (κ3) is 2.65. The Bertz CT molecular complexity index is 578. The second-order valence-corrected chi connectivity index (χ2v) is 4.99. The number of halogens is 1. The molecular weight excluding hydrogens is 260 g/mol. The molecule has 2 rings (SSSR count). The molecule has 0 saturated carbocycles. The van der Waals surface area contributed by atoms with E-state index in [4.69, 9.17) is 11.6 Å². The normalized spacial score (nSPS) is 10.8. The number of aromatic nitrogens is 3. The number of anilines is 2. The molecule has 7 heteroatoms. The fraction of sp³-hybridized carbons (Fsp3) is 0.300. The van der Waals surface area contributed by atoms with E-state index in [9.17, 15) is 4.79 Å². The standard InChI is InChI=1S/C10H11ClN4OS/c1-5(2)6-3-17-10(14-6)15-8-7(11)9(16)13-4-12-8/h3-5H,1-2H3,(H2,12,13,14,15,16). The molecule has 17 heavy (non-hydrogen) atoms. The van der Waals surface area contributed by atoms with Gasteiger partial charge >= 0.3 is 0 Å². The number of nitrogens with zero attached hydrogens (tertiary/aromatic N) is 2. The predicted molar refractivity (Wildman–Crippen MR) is 69.4 cm³/mol. The molecule has 2 heterocycles. The van der Waals surface area contributed by atoms with Crippen molar-refractivity contribution in [3.8, 4) is 0 Å². The van der Waals surface area contributed by atoms with E-state index in [1.54, 1.807) is 0 Å². The van der Waals surface area contributed by atoms with Crippen LogP contribution >= 0.6 is 22.9 Å². The molecule has 0 aliphatic rings. The Morgan fingerprint density at radius 3 is 2.94 bits per heavy atom. The molecule has 0 fully saturated rings. The molecule has 0 unspecified atom stereocenters. The van der Waals surface area contributed by atoms with Crippen molar-refractivity contribution in [1.82, 2.24) is 15.0 Å². The molecule has 0 atom stereocenters. The van der Waals surface area contributed by atoms with E-state index in [0.29, 0.717) is 16.9 Å². The predicted octanol–water partition coefficient (Wildman–Crippen LogP) is 2.75. The summed E-state index contributed by atoms with van der Waals surface area (Å²) in [5.41, 5.74) is 0.628. The van der Waals surface area contributed by atoms with Crippen molar-refractivity contribution >= 4 is 33.9 Å². The van der Waals surface area contributed by atoms with Crippen LogP contribution < -0.4 is 10.9 Å². The summed E-state index contributed by atoms with van der Waals surface area (Å²) in [4.78, 5) is 22.0. The molecule has 2 aromatic heterocycles. The first-order valence-electron chi connectivity index (χ1n) is 5.03. The summed E-state index contributed by atoms with van der Waals surface area (Å²) in [6.07, 6.45) is 1.30. The number of hydrogen-bond acceptors (Lipinski definition) is 5. The van der Waals surface area contributed by atoms with Crippen LogP contribution in [0.3, 0.4) is 0 Å². The largest absolute Gasteiger partial charge is 0.315 e. The molecule has 0 aromatic carbocycles. The van der Waals surface area contributed by atoms with Crippen molar-refractivity contribution in [2.45, 2.75) is 19.8 Å². The first kappa shape index (κ1) is 12.1. The number of H-pyrrole nitrogens is 1. The second kappa shape index (κ2) is 4.85. The second-order valence-electron chi connectivity index (χ2n) is 3.75. The van der Waals surface area contributed by atoms with Gasteiger partial charge in [-0.05, 0) is 5.92 Å². The maximum absolute atomic E-state index is 11.3. The average Bonchev–Trinajstić information content (AvgIpc) is 2.73. The van der Waals surface area contributed by atoms with Crippen molar-refractivity contribution in [3.63, 3.8) is 0 Å². The molecular formula is C10H11ClN4OS. The van der Waals surface area contributed by atoms with Crippen LogP contribution in [-0.4, -0.2) is 15.0 Å². The van der Waals surface area contributed by atoms with Gasteiger partial charge in [0.15, 0.2) is 10.9 Å². The number of rotatable bonds is 3. The van der Waals surface area contributed by atoms with Gasteiger partial charge in [0.2, 0.25) is 0 Å². The van der Waals surface area contributed by atoms with Gasteiger partial charge in [0.05, 0.1) is 12.0 Å². The first-order valence-corrected chi connectivity index (χ1v) is 6.29. The molecule has 5 nitrogen and oxygen atoms in total. The molecule has 0 amide bonds. The SMILES string of the molecule is CC(C)c1csc(Nc2nc[nH]c(=O)c2Cl)n1. The molecule has 2 aromatic rings. The van der Waals surface area contributed by atoms with Crippen molar-refractivity contribution in [2.75, 3.05) is 5.32 Å². The summed E-state index contributed by atoms with van der Waals surface area (Å²) in [6.45, 7) is 4.13. The van der Waals surface area contributed by atoms with E-state index in [-0.39, 0.29) is 10.6 Å². The Morgan fingerprint density at radius 1 is 1.53 bits per heavy atom. The first-order chi connectivity index (χ1) is 8.08. The third-order valence-electron chi connectivity index (χ3n) is 2.14. The molecule has 0 spiro atoms. The van der Waals surface area contributed by atoms with Gasteiger partial charge in [-0.25, -0.2) is 9.97 Å². The van der Waals surface area contributed by atoms with Crippen molar-refractivity contribution in [2.24, 2.45) is 0 Å². The van der Waals surface area contributed by atoms with Crippen molar-refractivity contribution in [3.05, 3.63) is 32.8 Å². The lowest BCUT2D eigenvalue weighted by molar-refractivity contribution is 0.834. The average molecular weight is 271 g/mol. The Labute approximate surface area is 107 Å². The minimum Gasteiger partial charge on any atom is -0.315 e. The van der Waals surface area contributed by atoms with Gasteiger partial charge in [-0.2, -0.15) is 0 Å². The summed E-state index contributed by atoms with van der Waals surface area (Å²) in [5.74, 6) is 0.685. The zero-order chi connectivity index (χ0) is 12.4. The highest BCUT2D eigenvalue weighted by Gasteiger charge is 2.09. The van der Waals surface area contributed by atoms with Crippen molar-refractivity contribution in [1.29, 1.82) is 0 Å². The third-order valence-corrected chi connectivity index (χ3v) is 3.26. The Balaban J connectivity index is 2.25. The smallest absolute Gasteiger partial charge is 0.271 e. The number of nitrogens with one attached hydrogen (secondary N) is 2. The van der Waals surface area contributed by atoms with Gasteiger partial charge in [-0.15, -0.1) is 11.3 Å². The monoisotopic (exact) mass is 270 g/mol. The molecule has 90 valence electrons. The van der Waals surface area contributed by atoms with Crippen LogP contribution in [0.15, 0.2) is 16.5 Å². The highest BCUT2D eigenvalue weighted by Crippen LogP contribution is 2.25. The molecule has 0 aliphatic carbocycles. The van der Waals surface area contributed by atoms with Gasteiger partial charge in [0.25, 0.3) is 5.56 Å². The Kier molecular flexibility index (Phi) is 3.44. The molecule has 0 radical (unpaired) electrons. The van der Waals surface area contributed by atoms with Gasteiger partial charge in [-0.1, -0.05) is 25.4 Å². The minimum atomic E-state index is -0.371. The molecule has 0 saturated heterocycles. The van der Waals surface area contributed by atoms with E-state index in [2.05, 4.69) is 34.1 Å². The highest BCUT2D eigenvalue weighted by molar-refractivity contribution is 7.13. The summed E-state index contributed by atoms with van der Waals surface area (Å²) in [6, 6.07) is 0. The summed E-state index contributed by atoms with van der Waals surface area (Å²) >= 11 is 7.27. The zero-order valence-corrected chi connectivity index (χ0v) is 10.9. The topological polar surface area (TPSA) is 70.7 Å². The summed E-state index contributed by atoms with van der Waals surface area (Å²) in [5, 5.41) is 5.61. The van der Waals surface area contributed by atoms with E-state index in [1.165, 1.54) is 17.7 Å². The van der Waals surface area contributed by atoms with Crippen LogP contribution in [0.2, 0.25) is 5.02 Å². The van der Waals surface area contributed by atoms with E-state index < -0.39 is 0 Å². The molecule has 2 N–H and O–H groups in total. The van der Waals surface area contributed by atoms with Crippen LogP contribution in [0, 0.1) is 0 Å². The lowest BCUT2D eigenvalue weighted by Gasteiger charge is -2.02. The van der Waals surface area contributed by atoms with E-state index >= 15 is 0 Å². The summed E-state index contributed by atoms with van der Waals surface area (Å²) in [7, 11) is 0. The maximum atomic E-state index is 11.3. The fourth-order valence-electron chi connectivity index (χ4n) is 1.18. The van der Waals surface area contributed by atoms with Gasteiger partial charge in [-0.3, -0.25) is 4.79 Å². The number of thiazole rings is 1. The molecule has 0 bridgehead atoms. The lowest BCUT2D eigenvalue weighted by Crippen LogP contribution is -2.09. The summed E-state index contributed by atoms with van der Waals surface area (Å²) < 4.78 is 0. The van der Waals surface area contributed by atoms with Gasteiger partial charge < -0.3 is 10.3 Å². The lowest BCUT2D eigenvalue weighted by atomic mass is 10.2. The van der Waals surface area contributed by atoms with E-state index in [0.717, 1.165) is 5.69 Å². The quantitative estimate of drug-likeness (QED) is 0.900. The minimum absolute atomic E-state index is 0.0359. The number of aromatic amines is 1. The zero-order valence-electron chi connectivity index (χ0n) is 9.32. The van der Waals surface area contributed by atoms with Crippen LogP contribution in [0.1, 0.15) is 25.5 Å². The number of hydrogen-bond donors (Lipinski definition) is 2. The van der Waals surface area contributed by atoms with Crippen molar-refractivity contribution < 1.29 is 0 Å². The van der Waals surface area contributed by atoms with Crippen LogP contribution in [0.5, 0.6) is 0 Å². The van der Waals surface area contributed by atoms with Crippen LogP contribution in [0.25, 0.3) is 0 Å². The van der Waals surface area contributed by atoms with Crippen LogP contribution in [-0.2, 0) is 0 Å². The molecule has 0 aliphatic heterocycles. The fourth-order valence-corrected chi connectivity index (χ4v) is 2.20.